The molecule has 0 N–H and O–H groups in total. The normalized spacial score (nSPS) is 22.4. The number of hydrogen-bond acceptors (Lipinski definition) is 16. The lowest BCUT2D eigenvalue weighted by molar-refractivity contribution is -0.141. The summed E-state index contributed by atoms with van der Waals surface area (Å²) in [5.74, 6) is -0.277. The molecule has 2 fully saturated rings. The molecule has 6 atom stereocenters. The number of carbonyl (C=O) groups is 1. The summed E-state index contributed by atoms with van der Waals surface area (Å²) in [7, 11) is 0.878. The van der Waals surface area contributed by atoms with E-state index in [1.807, 2.05) is 27.7 Å². The van der Waals surface area contributed by atoms with Crippen molar-refractivity contribution in [3.8, 4) is 12.1 Å². The van der Waals surface area contributed by atoms with Gasteiger partial charge < -0.3 is 22.8 Å². The van der Waals surface area contributed by atoms with Crippen molar-refractivity contribution in [3.05, 3.63) is 30.3 Å². The van der Waals surface area contributed by atoms with Gasteiger partial charge in [-0.3, -0.25) is 4.79 Å². The van der Waals surface area contributed by atoms with Crippen LogP contribution in [0.25, 0.3) is 0 Å². The number of nitriles is 2. The van der Waals surface area contributed by atoms with Gasteiger partial charge in [0.2, 0.25) is 0 Å². The summed E-state index contributed by atoms with van der Waals surface area (Å²) >= 11 is 0. The van der Waals surface area contributed by atoms with Gasteiger partial charge in [0.15, 0.2) is 9.84 Å². The van der Waals surface area contributed by atoms with Crippen molar-refractivity contribution in [3.63, 3.8) is 0 Å². The van der Waals surface area contributed by atoms with Crippen molar-refractivity contribution in [2.24, 2.45) is 0 Å². The van der Waals surface area contributed by atoms with Crippen LogP contribution in [0.5, 0.6) is 0 Å². The average Bonchev–Trinajstić information content (AvgIpc) is 3.61. The van der Waals surface area contributed by atoms with Crippen LogP contribution in [0.1, 0.15) is 110 Å². The van der Waals surface area contributed by atoms with Gasteiger partial charge in [-0.15, -0.1) is 0 Å². The second-order valence-corrected chi connectivity index (χ2v) is 26.1. The van der Waals surface area contributed by atoms with Crippen molar-refractivity contribution in [1.29, 1.82) is 10.5 Å². The monoisotopic (exact) mass is 928 g/mol. The molecule has 2 aliphatic rings. The summed E-state index contributed by atoms with van der Waals surface area (Å²) in [5.41, 5.74) is 0. The van der Waals surface area contributed by atoms with Gasteiger partial charge in [0, 0.05) is 33.7 Å². The summed E-state index contributed by atoms with van der Waals surface area (Å²) in [5, 5.41) is 17.3. The zero-order chi connectivity index (χ0) is 43.7. The Morgan fingerprint density at radius 1 is 0.754 bits per heavy atom. The SMILES string of the molecule is CC.CC(C)N(C(C)C)P(OCCC#N)OC1C(S(=O)(=O)c2ccccc2)SSC1(C)C.COC(=O)[C@@H]1SSC(C)(C)C1OP(OCCC#N)N(C(C)C)C(C)C. The van der Waals surface area contributed by atoms with Crippen LogP contribution >= 0.6 is 60.2 Å². The van der Waals surface area contributed by atoms with E-state index in [-0.39, 0.29) is 54.0 Å². The van der Waals surface area contributed by atoms with Crippen LogP contribution in [0.2, 0.25) is 0 Å². The fraction of sp³-hybridized carbons (Fsp3) is 0.763. The number of esters is 1. The second kappa shape index (κ2) is 26.2. The second-order valence-electron chi connectivity index (χ2n) is 14.9. The van der Waals surface area contributed by atoms with Crippen LogP contribution in [-0.2, 0) is 37.5 Å². The average molecular weight is 929 g/mol. The highest BCUT2D eigenvalue weighted by molar-refractivity contribution is 8.79. The maximum atomic E-state index is 13.4. The Morgan fingerprint density at radius 2 is 1.16 bits per heavy atom. The zero-order valence-electron chi connectivity index (χ0n) is 36.3. The first-order valence-electron chi connectivity index (χ1n) is 19.2. The molecule has 0 bridgehead atoms. The van der Waals surface area contributed by atoms with Gasteiger partial charge in [-0.25, -0.2) is 17.8 Å². The van der Waals surface area contributed by atoms with Gasteiger partial charge in [-0.2, -0.15) is 10.5 Å². The third kappa shape index (κ3) is 16.1. The molecule has 3 rings (SSSR count). The Morgan fingerprint density at radius 3 is 1.56 bits per heavy atom. The molecular formula is C38H66N4O8P2S5. The van der Waals surface area contributed by atoms with Crippen LogP contribution in [0, 0.1) is 22.7 Å². The summed E-state index contributed by atoms with van der Waals surface area (Å²) in [6.45, 7) is 29.3. The molecule has 2 saturated heterocycles. The molecule has 0 amide bonds. The maximum absolute atomic E-state index is 13.4. The first kappa shape index (κ1) is 54.7. The highest BCUT2D eigenvalue weighted by atomic mass is 33.1. The van der Waals surface area contributed by atoms with Crippen molar-refractivity contribution in [2.45, 2.75) is 170 Å². The number of sulfone groups is 1. The van der Waals surface area contributed by atoms with Crippen LogP contribution in [0.4, 0.5) is 0 Å². The van der Waals surface area contributed by atoms with Gasteiger partial charge >= 0.3 is 5.97 Å². The largest absolute Gasteiger partial charge is 0.468 e. The summed E-state index contributed by atoms with van der Waals surface area (Å²) in [6, 6.07) is 13.4. The molecule has 326 valence electrons. The topological polar surface area (TPSA) is 151 Å². The van der Waals surface area contributed by atoms with Crippen LogP contribution in [0.15, 0.2) is 35.2 Å². The molecule has 0 aliphatic carbocycles. The molecule has 12 nitrogen and oxygen atoms in total. The van der Waals surface area contributed by atoms with E-state index in [9.17, 15) is 13.2 Å². The molecule has 19 heteroatoms. The van der Waals surface area contributed by atoms with Crippen molar-refractivity contribution in [1.82, 2.24) is 9.34 Å². The zero-order valence-corrected chi connectivity index (χ0v) is 42.2. The van der Waals surface area contributed by atoms with Gasteiger partial charge in [0.25, 0.3) is 17.1 Å². The summed E-state index contributed by atoms with van der Waals surface area (Å²) < 4.78 is 59.6. The van der Waals surface area contributed by atoms with E-state index in [0.29, 0.717) is 17.9 Å². The van der Waals surface area contributed by atoms with E-state index >= 15 is 0 Å². The number of hydrogen-bond donors (Lipinski definition) is 0. The molecule has 1 aromatic carbocycles. The molecular weight excluding hydrogens is 863 g/mol. The number of methoxy groups -OCH3 is 1. The minimum atomic E-state index is -3.59. The lowest BCUT2D eigenvalue weighted by atomic mass is 10.0. The minimum absolute atomic E-state index is 0.146. The van der Waals surface area contributed by atoms with Gasteiger partial charge in [0.1, 0.15) is 22.0 Å². The fourth-order valence-corrected chi connectivity index (χ4v) is 19.5. The first-order chi connectivity index (χ1) is 26.7. The van der Waals surface area contributed by atoms with E-state index in [1.165, 1.54) is 39.5 Å². The quantitative estimate of drug-likeness (QED) is 0.0559. The Labute approximate surface area is 363 Å². The lowest BCUT2D eigenvalue weighted by Crippen LogP contribution is -2.43. The Hall–Kier alpha value is -0.360. The van der Waals surface area contributed by atoms with E-state index in [1.54, 1.807) is 41.1 Å². The van der Waals surface area contributed by atoms with Crippen molar-refractivity contribution in [2.75, 3.05) is 20.3 Å². The highest BCUT2D eigenvalue weighted by Crippen LogP contribution is 2.60. The van der Waals surface area contributed by atoms with Crippen LogP contribution in [-0.4, -0.2) is 99.8 Å². The molecule has 5 unspecified atom stereocenters. The minimum Gasteiger partial charge on any atom is -0.468 e. The van der Waals surface area contributed by atoms with Crippen LogP contribution < -0.4 is 0 Å². The number of benzene rings is 1. The standard InChI is InChI=1S/C20H31N2O4PS3.C16H29N2O4PS2.C2H6/c1-15(2)22(16(3)4)27(25-14-10-13-21)26-18-19(28-29-20(18,5)6)30(23,24)17-11-8-7-9-12-17;1-11(2)18(12(3)4)23(21-10-8-9-17)22-14-13(15(19)20-7)24-25-16(14,5)6;1-2/h7-9,11-12,15-16,18-19H,10,14H2,1-6H3;11-14H,8,10H2,1-7H3;1-2H3/t;13-,14?,23?;/m.1./s1. The molecule has 0 aromatic heterocycles. The molecule has 2 heterocycles. The Kier molecular flexibility index (Phi) is 25.1. The molecule has 0 spiro atoms. The number of nitrogens with zero attached hydrogens (tertiary/aromatic N) is 4. The van der Waals surface area contributed by atoms with Gasteiger partial charge in [-0.1, -0.05) is 75.2 Å². The van der Waals surface area contributed by atoms with E-state index in [4.69, 9.17) is 33.4 Å². The predicted molar refractivity (Wildman–Crippen MR) is 243 cm³/mol. The fourth-order valence-electron chi connectivity index (χ4n) is 5.61. The Bertz CT molecular complexity index is 1520. The van der Waals surface area contributed by atoms with Gasteiger partial charge in [0.05, 0.1) is 50.2 Å². The molecule has 0 radical (unpaired) electrons. The van der Waals surface area contributed by atoms with Crippen molar-refractivity contribution < 1.29 is 36.0 Å². The molecule has 0 saturated carbocycles. The molecule has 1 aromatic rings. The van der Waals surface area contributed by atoms with Crippen LogP contribution in [0.3, 0.4) is 0 Å². The number of rotatable bonds is 19. The third-order valence-electron chi connectivity index (χ3n) is 8.16. The van der Waals surface area contributed by atoms with Gasteiger partial charge in [-0.05, 0) is 95.2 Å². The predicted octanol–water partition coefficient (Wildman–Crippen LogP) is 11.0. The summed E-state index contributed by atoms with van der Waals surface area (Å²) in [6.07, 6.45) is -0.325. The third-order valence-corrected chi connectivity index (χ3v) is 22.6. The number of carbonyl (C=O) groups excluding carboxylic acids is 1. The first-order valence-corrected chi connectivity index (χ1v) is 27.5. The maximum Gasteiger partial charge on any atom is 0.322 e. The molecule has 57 heavy (non-hydrogen) atoms. The van der Waals surface area contributed by atoms with E-state index < -0.39 is 47.6 Å². The van der Waals surface area contributed by atoms with Crippen molar-refractivity contribution >= 4 is 76.0 Å². The Balaban J connectivity index is 0.000000555. The highest BCUT2D eigenvalue weighted by Gasteiger charge is 2.54. The van der Waals surface area contributed by atoms with E-state index in [0.717, 1.165) is 0 Å². The summed E-state index contributed by atoms with van der Waals surface area (Å²) in [4.78, 5) is 12.5. The molecule has 2 aliphatic heterocycles. The number of ether oxygens (including phenoxy) is 1. The van der Waals surface area contributed by atoms with E-state index in [2.05, 4.69) is 90.7 Å². The lowest BCUT2D eigenvalue weighted by Gasteiger charge is -2.39. The smallest absolute Gasteiger partial charge is 0.322 e.